The van der Waals surface area contributed by atoms with Crippen molar-refractivity contribution in [2.75, 3.05) is 12.3 Å². The molecular formula is C11H15N3OS. The minimum absolute atomic E-state index is 0.427. The van der Waals surface area contributed by atoms with Gasteiger partial charge in [-0.05, 0) is 30.0 Å². The number of nitrogens with zero attached hydrogens (tertiary/aromatic N) is 3. The molecule has 0 aliphatic rings. The topological polar surface area (TPSA) is 65.8 Å². The summed E-state index contributed by atoms with van der Waals surface area (Å²) in [5.74, 6) is 1.18. The van der Waals surface area contributed by atoms with Gasteiger partial charge in [0.15, 0.2) is 0 Å². The van der Waals surface area contributed by atoms with Gasteiger partial charge in [0.2, 0.25) is 0 Å². The summed E-state index contributed by atoms with van der Waals surface area (Å²) >= 11 is 0. The average Bonchev–Trinajstić information content (AvgIpc) is 2.28. The highest BCUT2D eigenvalue weighted by Gasteiger charge is 2.03. The number of rotatable bonds is 6. The molecule has 1 atom stereocenters. The second kappa shape index (κ2) is 7.04. The molecular weight excluding hydrogens is 222 g/mol. The molecule has 1 rings (SSSR count). The van der Waals surface area contributed by atoms with Crippen molar-refractivity contribution in [2.24, 2.45) is 5.11 Å². The molecule has 1 aromatic rings. The average molecular weight is 237 g/mol. The molecule has 0 saturated carbocycles. The fraction of sp³-hybridized carbons (Fsp3) is 0.455. The normalized spacial score (nSPS) is 11.8. The van der Waals surface area contributed by atoms with Crippen LogP contribution in [-0.4, -0.2) is 16.5 Å². The highest BCUT2D eigenvalue weighted by molar-refractivity contribution is 7.84. The van der Waals surface area contributed by atoms with Crippen LogP contribution in [-0.2, 0) is 16.6 Å². The van der Waals surface area contributed by atoms with Crippen LogP contribution in [0.25, 0.3) is 10.4 Å². The van der Waals surface area contributed by atoms with Crippen LogP contribution in [0.2, 0.25) is 0 Å². The molecule has 0 aliphatic heterocycles. The van der Waals surface area contributed by atoms with E-state index < -0.39 is 10.8 Å². The molecule has 0 N–H and O–H groups in total. The van der Waals surface area contributed by atoms with Gasteiger partial charge in [-0.3, -0.25) is 4.21 Å². The molecule has 0 fully saturated rings. The first-order valence-electron chi connectivity index (χ1n) is 5.14. The van der Waals surface area contributed by atoms with Gasteiger partial charge in [0.05, 0.1) is 0 Å². The van der Waals surface area contributed by atoms with Gasteiger partial charge in [-0.2, -0.15) is 0 Å². The monoisotopic (exact) mass is 237 g/mol. The predicted octanol–water partition coefficient (Wildman–Crippen LogP) is 2.94. The molecule has 86 valence electrons. The van der Waals surface area contributed by atoms with E-state index in [0.29, 0.717) is 24.5 Å². The van der Waals surface area contributed by atoms with Crippen LogP contribution in [0.15, 0.2) is 29.4 Å². The molecule has 0 heterocycles. The van der Waals surface area contributed by atoms with Crippen molar-refractivity contribution in [3.05, 3.63) is 45.8 Å². The lowest BCUT2D eigenvalue weighted by atomic mass is 10.1. The van der Waals surface area contributed by atoms with Crippen LogP contribution in [0.5, 0.6) is 0 Å². The zero-order valence-corrected chi connectivity index (χ0v) is 10.1. The summed E-state index contributed by atoms with van der Waals surface area (Å²) in [4.78, 5) is 2.66. The summed E-state index contributed by atoms with van der Waals surface area (Å²) in [6, 6.07) is 7.95. The third kappa shape index (κ3) is 4.47. The third-order valence-corrected chi connectivity index (χ3v) is 3.65. The summed E-state index contributed by atoms with van der Waals surface area (Å²) in [5, 5.41) is 3.41. The smallest absolute Gasteiger partial charge is 0.0488 e. The van der Waals surface area contributed by atoms with E-state index in [4.69, 9.17) is 5.53 Å². The maximum Gasteiger partial charge on any atom is 0.0488 e. The molecule has 5 heteroatoms. The van der Waals surface area contributed by atoms with Gasteiger partial charge in [-0.15, -0.1) is 0 Å². The molecule has 4 nitrogen and oxygen atoms in total. The molecule has 0 bridgehead atoms. The SMILES string of the molecule is Cc1ccccc1CS(=O)CCCN=[N+]=[N-]. The van der Waals surface area contributed by atoms with Gasteiger partial charge >= 0.3 is 0 Å². The van der Waals surface area contributed by atoms with Crippen molar-refractivity contribution in [3.8, 4) is 0 Å². The Labute approximate surface area is 97.8 Å². The Kier molecular flexibility index (Phi) is 5.61. The zero-order chi connectivity index (χ0) is 11.8. The van der Waals surface area contributed by atoms with E-state index in [1.54, 1.807) is 0 Å². The standard InChI is InChI=1S/C11H15N3OS/c1-10-5-2-3-6-11(10)9-16(15)8-4-7-13-14-12/h2-3,5-6H,4,7-9H2,1H3. The summed E-state index contributed by atoms with van der Waals surface area (Å²) < 4.78 is 11.7. The summed E-state index contributed by atoms with van der Waals surface area (Å²) in [5.41, 5.74) is 10.4. The maximum atomic E-state index is 11.7. The molecule has 0 aromatic heterocycles. The number of benzene rings is 1. The largest absolute Gasteiger partial charge is 0.259 e. The van der Waals surface area contributed by atoms with E-state index in [0.717, 1.165) is 5.56 Å². The van der Waals surface area contributed by atoms with Gasteiger partial charge in [-0.1, -0.05) is 29.4 Å². The Balaban J connectivity index is 2.40. The highest BCUT2D eigenvalue weighted by Crippen LogP contribution is 2.10. The number of azide groups is 1. The quantitative estimate of drug-likeness (QED) is 0.324. The first kappa shape index (κ1) is 12.7. The maximum absolute atomic E-state index is 11.7. The number of hydrogen-bond acceptors (Lipinski definition) is 2. The molecule has 0 radical (unpaired) electrons. The van der Waals surface area contributed by atoms with Gasteiger partial charge in [-0.25, -0.2) is 0 Å². The molecule has 0 saturated heterocycles. The number of hydrogen-bond donors (Lipinski definition) is 0. The molecule has 0 aliphatic carbocycles. The summed E-state index contributed by atoms with van der Waals surface area (Å²) in [7, 11) is -0.868. The molecule has 1 aromatic carbocycles. The zero-order valence-electron chi connectivity index (χ0n) is 9.30. The van der Waals surface area contributed by atoms with E-state index in [2.05, 4.69) is 10.0 Å². The molecule has 16 heavy (non-hydrogen) atoms. The second-order valence-electron chi connectivity index (χ2n) is 3.52. The van der Waals surface area contributed by atoms with Gasteiger partial charge < -0.3 is 0 Å². The van der Waals surface area contributed by atoms with Gasteiger partial charge in [0, 0.05) is 33.8 Å². The minimum Gasteiger partial charge on any atom is -0.259 e. The van der Waals surface area contributed by atoms with Crippen LogP contribution in [0.4, 0.5) is 0 Å². The van der Waals surface area contributed by atoms with Crippen LogP contribution >= 0.6 is 0 Å². The van der Waals surface area contributed by atoms with E-state index >= 15 is 0 Å². The predicted molar refractivity (Wildman–Crippen MR) is 66.5 cm³/mol. The van der Waals surface area contributed by atoms with Crippen molar-refractivity contribution in [3.63, 3.8) is 0 Å². The lowest BCUT2D eigenvalue weighted by Gasteiger charge is -2.04. The first-order valence-corrected chi connectivity index (χ1v) is 6.63. The second-order valence-corrected chi connectivity index (χ2v) is 5.10. The lowest BCUT2D eigenvalue weighted by molar-refractivity contribution is 0.680. The van der Waals surface area contributed by atoms with Crippen molar-refractivity contribution < 1.29 is 4.21 Å². The molecule has 0 amide bonds. The fourth-order valence-corrected chi connectivity index (χ4v) is 2.62. The van der Waals surface area contributed by atoms with Crippen molar-refractivity contribution in [2.45, 2.75) is 19.1 Å². The van der Waals surface area contributed by atoms with Crippen molar-refractivity contribution in [1.29, 1.82) is 0 Å². The Bertz CT molecular complexity index is 413. The Hall–Kier alpha value is -1.32. The van der Waals surface area contributed by atoms with Gasteiger partial charge in [0.1, 0.15) is 0 Å². The van der Waals surface area contributed by atoms with Crippen LogP contribution in [0.1, 0.15) is 17.5 Å². The lowest BCUT2D eigenvalue weighted by Crippen LogP contribution is -2.03. The van der Waals surface area contributed by atoms with E-state index in [-0.39, 0.29) is 0 Å². The molecule has 1 unspecified atom stereocenters. The summed E-state index contributed by atoms with van der Waals surface area (Å²) in [6.45, 7) is 2.45. The van der Waals surface area contributed by atoms with Crippen molar-refractivity contribution >= 4 is 10.8 Å². The van der Waals surface area contributed by atoms with E-state index in [1.807, 2.05) is 31.2 Å². The Morgan fingerprint density at radius 1 is 1.44 bits per heavy atom. The Morgan fingerprint density at radius 2 is 2.19 bits per heavy atom. The minimum atomic E-state index is -0.868. The highest BCUT2D eigenvalue weighted by atomic mass is 32.2. The Morgan fingerprint density at radius 3 is 2.88 bits per heavy atom. The van der Waals surface area contributed by atoms with Crippen molar-refractivity contribution in [1.82, 2.24) is 0 Å². The van der Waals surface area contributed by atoms with E-state index in [1.165, 1.54) is 5.56 Å². The first-order chi connectivity index (χ1) is 7.74. The number of aryl methyl sites for hydroxylation is 1. The van der Waals surface area contributed by atoms with Crippen LogP contribution in [0.3, 0.4) is 0 Å². The van der Waals surface area contributed by atoms with Gasteiger partial charge in [0.25, 0.3) is 0 Å². The van der Waals surface area contributed by atoms with Crippen LogP contribution in [0, 0.1) is 6.92 Å². The fourth-order valence-electron chi connectivity index (χ4n) is 1.36. The van der Waals surface area contributed by atoms with Crippen LogP contribution < -0.4 is 0 Å². The molecule has 0 spiro atoms. The summed E-state index contributed by atoms with van der Waals surface area (Å²) in [6.07, 6.45) is 0.683. The third-order valence-electron chi connectivity index (χ3n) is 2.27. The van der Waals surface area contributed by atoms with E-state index in [9.17, 15) is 4.21 Å².